The van der Waals surface area contributed by atoms with Gasteiger partial charge in [0.05, 0.1) is 25.9 Å². The molecule has 0 fully saturated rings. The summed E-state index contributed by atoms with van der Waals surface area (Å²) in [5.74, 6) is -1.30. The molecule has 0 unspecified atom stereocenters. The van der Waals surface area contributed by atoms with E-state index in [1.165, 1.54) is 19.2 Å². The Morgan fingerprint density at radius 2 is 1.85 bits per heavy atom. The van der Waals surface area contributed by atoms with Gasteiger partial charge in [-0.15, -0.1) is 0 Å². The van der Waals surface area contributed by atoms with Gasteiger partial charge in [-0.1, -0.05) is 6.07 Å². The molecule has 0 amide bonds. The average molecular weight is 275 g/mol. The van der Waals surface area contributed by atoms with Crippen LogP contribution in [0.1, 0.15) is 21.5 Å². The maximum Gasteiger partial charge on any atom is 0.340 e. The maximum atomic E-state index is 13.7. The van der Waals surface area contributed by atoms with E-state index in [-0.39, 0.29) is 12.2 Å². The highest BCUT2D eigenvalue weighted by Gasteiger charge is 2.12. The quantitative estimate of drug-likeness (QED) is 0.787. The Bertz CT molecular complexity index is 587. The van der Waals surface area contributed by atoms with Crippen LogP contribution in [0.4, 0.5) is 4.39 Å². The van der Waals surface area contributed by atoms with Crippen LogP contribution in [0.3, 0.4) is 0 Å². The van der Waals surface area contributed by atoms with Crippen LogP contribution < -0.4 is 0 Å². The molecule has 1 aromatic carbocycles. The Kier molecular flexibility index (Phi) is 4.79. The second-order valence-electron chi connectivity index (χ2n) is 4.15. The number of hydrogen-bond acceptors (Lipinski definition) is 4. The van der Waals surface area contributed by atoms with Crippen LogP contribution >= 0.6 is 0 Å². The van der Waals surface area contributed by atoms with Crippen molar-refractivity contribution in [3.05, 3.63) is 65.2 Å². The van der Waals surface area contributed by atoms with Gasteiger partial charge < -0.3 is 9.47 Å². The standard InChI is InChI=1S/C15H14FNO3/c1-19-15(18)13-3-2-12(8-14(13)16)10-20-9-11-4-6-17-7-5-11/h2-8H,9-10H2,1H3. The van der Waals surface area contributed by atoms with Crippen molar-refractivity contribution >= 4 is 5.97 Å². The van der Waals surface area contributed by atoms with Crippen LogP contribution in [0.5, 0.6) is 0 Å². The summed E-state index contributed by atoms with van der Waals surface area (Å²) in [7, 11) is 1.22. The minimum atomic E-state index is -0.688. The van der Waals surface area contributed by atoms with Gasteiger partial charge in [0.25, 0.3) is 0 Å². The summed E-state index contributed by atoms with van der Waals surface area (Å²) in [4.78, 5) is 15.2. The number of methoxy groups -OCH3 is 1. The van der Waals surface area contributed by atoms with E-state index in [1.54, 1.807) is 18.5 Å². The summed E-state index contributed by atoms with van der Waals surface area (Å²) in [6, 6.07) is 8.01. The van der Waals surface area contributed by atoms with Crippen LogP contribution in [0, 0.1) is 5.82 Å². The Balaban J connectivity index is 1.94. The molecule has 20 heavy (non-hydrogen) atoms. The molecular weight excluding hydrogens is 261 g/mol. The monoisotopic (exact) mass is 275 g/mol. The van der Waals surface area contributed by atoms with Crippen molar-refractivity contribution in [1.82, 2.24) is 4.98 Å². The number of hydrogen-bond donors (Lipinski definition) is 0. The van der Waals surface area contributed by atoms with Crippen molar-refractivity contribution in [3.8, 4) is 0 Å². The van der Waals surface area contributed by atoms with Crippen LogP contribution in [0.2, 0.25) is 0 Å². The Morgan fingerprint density at radius 3 is 2.50 bits per heavy atom. The van der Waals surface area contributed by atoms with Gasteiger partial charge in [-0.2, -0.15) is 0 Å². The van der Waals surface area contributed by atoms with Crippen LogP contribution in [-0.4, -0.2) is 18.1 Å². The van der Waals surface area contributed by atoms with E-state index >= 15 is 0 Å². The predicted octanol–water partition coefficient (Wildman–Crippen LogP) is 2.72. The number of esters is 1. The number of pyridine rings is 1. The maximum absolute atomic E-state index is 13.7. The molecule has 1 aromatic heterocycles. The van der Waals surface area contributed by atoms with Gasteiger partial charge in [0.1, 0.15) is 5.82 Å². The lowest BCUT2D eigenvalue weighted by Gasteiger charge is -2.06. The third kappa shape index (κ3) is 3.61. The summed E-state index contributed by atoms with van der Waals surface area (Å²) >= 11 is 0. The fraction of sp³-hybridized carbons (Fsp3) is 0.200. The van der Waals surface area contributed by atoms with Gasteiger partial charge >= 0.3 is 5.97 Å². The number of halogens is 1. The third-order valence-electron chi connectivity index (χ3n) is 2.73. The molecule has 0 atom stereocenters. The highest BCUT2D eigenvalue weighted by atomic mass is 19.1. The van der Waals surface area contributed by atoms with Gasteiger partial charge in [-0.25, -0.2) is 9.18 Å². The fourth-order valence-corrected chi connectivity index (χ4v) is 1.69. The first-order valence-corrected chi connectivity index (χ1v) is 6.04. The molecule has 104 valence electrons. The summed E-state index contributed by atoms with van der Waals surface area (Å²) in [6.07, 6.45) is 3.37. The predicted molar refractivity (Wildman–Crippen MR) is 70.5 cm³/mol. The van der Waals surface area contributed by atoms with E-state index in [0.717, 1.165) is 5.56 Å². The number of carbonyl (C=O) groups excluding carboxylic acids is 1. The molecule has 0 radical (unpaired) electrons. The number of nitrogens with zero attached hydrogens (tertiary/aromatic N) is 1. The number of carbonyl (C=O) groups is 1. The Labute approximate surface area is 116 Å². The molecule has 0 saturated carbocycles. The largest absolute Gasteiger partial charge is 0.465 e. The average Bonchev–Trinajstić information content (AvgIpc) is 2.48. The molecule has 0 aliphatic heterocycles. The zero-order valence-electron chi connectivity index (χ0n) is 11.0. The number of benzene rings is 1. The lowest BCUT2D eigenvalue weighted by molar-refractivity contribution is 0.0595. The molecule has 0 N–H and O–H groups in total. The molecule has 0 aliphatic rings. The number of ether oxygens (including phenoxy) is 2. The lowest BCUT2D eigenvalue weighted by atomic mass is 10.1. The van der Waals surface area contributed by atoms with Crippen molar-refractivity contribution in [2.75, 3.05) is 7.11 Å². The summed E-state index contributed by atoms with van der Waals surface area (Å²) < 4.78 is 23.6. The molecule has 0 spiro atoms. The summed E-state index contributed by atoms with van der Waals surface area (Å²) in [6.45, 7) is 0.684. The molecular formula is C15H14FNO3. The molecule has 0 aliphatic carbocycles. The second kappa shape index (κ2) is 6.77. The van der Waals surface area contributed by atoms with Crippen LogP contribution in [-0.2, 0) is 22.7 Å². The van der Waals surface area contributed by atoms with E-state index < -0.39 is 11.8 Å². The first-order valence-electron chi connectivity index (χ1n) is 6.04. The Hall–Kier alpha value is -2.27. The Morgan fingerprint density at radius 1 is 1.15 bits per heavy atom. The van der Waals surface area contributed by atoms with Crippen molar-refractivity contribution in [1.29, 1.82) is 0 Å². The highest BCUT2D eigenvalue weighted by Crippen LogP contribution is 2.13. The SMILES string of the molecule is COC(=O)c1ccc(COCc2ccncc2)cc1F. The van der Waals surface area contributed by atoms with E-state index in [1.807, 2.05) is 12.1 Å². The molecule has 0 bridgehead atoms. The summed E-state index contributed by atoms with van der Waals surface area (Å²) in [5, 5.41) is 0. The van der Waals surface area contributed by atoms with E-state index in [0.29, 0.717) is 12.2 Å². The van der Waals surface area contributed by atoms with Crippen molar-refractivity contribution in [2.24, 2.45) is 0 Å². The topological polar surface area (TPSA) is 48.4 Å². The van der Waals surface area contributed by atoms with Crippen LogP contribution in [0.25, 0.3) is 0 Å². The van der Waals surface area contributed by atoms with E-state index in [2.05, 4.69) is 9.72 Å². The normalized spacial score (nSPS) is 10.3. The molecule has 2 rings (SSSR count). The molecule has 4 nitrogen and oxygen atoms in total. The third-order valence-corrected chi connectivity index (χ3v) is 2.73. The van der Waals surface area contributed by atoms with Crippen molar-refractivity contribution in [2.45, 2.75) is 13.2 Å². The van der Waals surface area contributed by atoms with E-state index in [9.17, 15) is 9.18 Å². The van der Waals surface area contributed by atoms with Gasteiger partial charge in [-0.3, -0.25) is 4.98 Å². The molecule has 2 aromatic rings. The first kappa shape index (κ1) is 14.1. The van der Waals surface area contributed by atoms with Gasteiger partial charge in [0.2, 0.25) is 0 Å². The second-order valence-corrected chi connectivity index (χ2v) is 4.15. The number of aromatic nitrogens is 1. The fourth-order valence-electron chi connectivity index (χ4n) is 1.69. The minimum Gasteiger partial charge on any atom is -0.465 e. The molecule has 0 saturated heterocycles. The first-order chi connectivity index (χ1) is 9.70. The van der Waals surface area contributed by atoms with Crippen molar-refractivity contribution in [3.63, 3.8) is 0 Å². The zero-order valence-corrected chi connectivity index (χ0v) is 11.0. The van der Waals surface area contributed by atoms with Gasteiger partial charge in [0.15, 0.2) is 0 Å². The smallest absolute Gasteiger partial charge is 0.340 e. The van der Waals surface area contributed by atoms with Gasteiger partial charge in [-0.05, 0) is 35.4 Å². The zero-order chi connectivity index (χ0) is 14.4. The molecule has 5 heteroatoms. The van der Waals surface area contributed by atoms with Crippen LogP contribution in [0.15, 0.2) is 42.7 Å². The highest BCUT2D eigenvalue weighted by molar-refractivity contribution is 5.89. The summed E-state index contributed by atoms with van der Waals surface area (Å²) in [5.41, 5.74) is 1.57. The van der Waals surface area contributed by atoms with Gasteiger partial charge in [0, 0.05) is 12.4 Å². The molecule has 1 heterocycles. The van der Waals surface area contributed by atoms with E-state index in [4.69, 9.17) is 4.74 Å². The number of rotatable bonds is 5. The van der Waals surface area contributed by atoms with Crippen molar-refractivity contribution < 1.29 is 18.7 Å². The minimum absolute atomic E-state index is 0.0783. The lowest BCUT2D eigenvalue weighted by Crippen LogP contribution is -2.05.